The van der Waals surface area contributed by atoms with Crippen LogP contribution in [0.5, 0.6) is 5.75 Å². The maximum Gasteiger partial charge on any atom is 0.573 e. The van der Waals surface area contributed by atoms with Gasteiger partial charge in [0, 0.05) is 5.56 Å². The Bertz CT molecular complexity index is 401. The lowest BCUT2D eigenvalue weighted by Crippen LogP contribution is -2.17. The largest absolute Gasteiger partial charge is 0.573 e. The van der Waals surface area contributed by atoms with E-state index in [1.165, 1.54) is 6.08 Å². The van der Waals surface area contributed by atoms with E-state index in [0.717, 1.165) is 18.2 Å². The van der Waals surface area contributed by atoms with E-state index in [1.807, 2.05) is 0 Å². The summed E-state index contributed by atoms with van der Waals surface area (Å²) >= 11 is 0. The summed E-state index contributed by atoms with van der Waals surface area (Å²) in [4.78, 5) is 0. The van der Waals surface area contributed by atoms with Crippen molar-refractivity contribution >= 4 is 6.08 Å². The summed E-state index contributed by atoms with van der Waals surface area (Å²) in [6, 6.07) is 2.82. The summed E-state index contributed by atoms with van der Waals surface area (Å²) in [7, 11) is 0. The number of hydrogen-bond acceptors (Lipinski definition) is 2. The van der Waals surface area contributed by atoms with Gasteiger partial charge in [-0.1, -0.05) is 12.2 Å². The fraction of sp³-hybridized carbons (Fsp3) is 0.273. The number of hydrogen-bond donors (Lipinski definition) is 1. The molecule has 1 rings (SSSR count). The fourth-order valence-electron chi connectivity index (χ4n) is 1.15. The molecule has 0 bridgehead atoms. The molecule has 0 amide bonds. The van der Waals surface area contributed by atoms with Gasteiger partial charge >= 0.3 is 6.36 Å². The van der Waals surface area contributed by atoms with Gasteiger partial charge in [0.15, 0.2) is 0 Å². The zero-order valence-electron chi connectivity index (χ0n) is 8.80. The van der Waals surface area contributed by atoms with E-state index >= 15 is 0 Å². The molecule has 0 aliphatic heterocycles. The first kappa shape index (κ1) is 13.5. The Labute approximate surface area is 95.7 Å². The minimum absolute atomic E-state index is 0.0280. The van der Waals surface area contributed by atoms with Crippen molar-refractivity contribution in [1.82, 2.24) is 0 Å². The summed E-state index contributed by atoms with van der Waals surface area (Å²) in [5, 5.41) is 0. The van der Waals surface area contributed by atoms with E-state index < -0.39 is 17.9 Å². The summed E-state index contributed by atoms with van der Waals surface area (Å²) in [5.74, 6) is -1.07. The maximum absolute atomic E-state index is 13.2. The summed E-state index contributed by atoms with van der Waals surface area (Å²) in [6.07, 6.45) is -1.32. The summed E-state index contributed by atoms with van der Waals surface area (Å²) < 4.78 is 52.7. The van der Waals surface area contributed by atoms with E-state index in [4.69, 9.17) is 5.73 Å². The van der Waals surface area contributed by atoms with Crippen molar-refractivity contribution in [1.29, 1.82) is 0 Å². The Kier molecular flexibility index (Phi) is 4.51. The number of nitrogens with two attached hydrogens (primary N) is 1. The van der Waals surface area contributed by atoms with E-state index in [-0.39, 0.29) is 5.56 Å². The third kappa shape index (κ3) is 4.86. The second kappa shape index (κ2) is 5.67. The Morgan fingerprint density at radius 1 is 1.29 bits per heavy atom. The van der Waals surface area contributed by atoms with Crippen LogP contribution in [-0.4, -0.2) is 12.9 Å². The average molecular weight is 249 g/mol. The van der Waals surface area contributed by atoms with Crippen LogP contribution in [0.15, 0.2) is 24.3 Å². The Hall–Kier alpha value is -1.56. The molecule has 0 aliphatic rings. The molecular formula is C11H11F4NO. The molecule has 1 aromatic carbocycles. The van der Waals surface area contributed by atoms with Crippen molar-refractivity contribution < 1.29 is 22.3 Å². The topological polar surface area (TPSA) is 35.2 Å². The highest BCUT2D eigenvalue weighted by Gasteiger charge is 2.31. The average Bonchev–Trinajstić information content (AvgIpc) is 2.21. The number of ether oxygens (including phenoxy) is 1. The lowest BCUT2D eigenvalue weighted by molar-refractivity contribution is -0.274. The number of benzene rings is 1. The highest BCUT2D eigenvalue weighted by atomic mass is 19.4. The molecule has 94 valence electrons. The molecule has 2 N–H and O–H groups in total. The lowest BCUT2D eigenvalue weighted by Gasteiger charge is -2.09. The van der Waals surface area contributed by atoms with Crippen molar-refractivity contribution in [2.75, 3.05) is 6.54 Å². The van der Waals surface area contributed by atoms with Gasteiger partial charge in [-0.05, 0) is 31.2 Å². The van der Waals surface area contributed by atoms with Gasteiger partial charge in [-0.2, -0.15) is 0 Å². The van der Waals surface area contributed by atoms with Crippen molar-refractivity contribution in [3.8, 4) is 5.75 Å². The molecule has 0 aromatic heterocycles. The number of alkyl halides is 3. The standard InChI is InChI=1S/C11H11F4NO/c12-10-5-4-9(17-11(13,14)15)7-8(10)3-1-2-6-16/h1,3-5,7H,2,6,16H2. The lowest BCUT2D eigenvalue weighted by atomic mass is 10.1. The van der Waals surface area contributed by atoms with Crippen LogP contribution >= 0.6 is 0 Å². The van der Waals surface area contributed by atoms with Crippen molar-refractivity contribution in [2.24, 2.45) is 5.73 Å². The quantitative estimate of drug-likeness (QED) is 0.832. The highest BCUT2D eigenvalue weighted by Crippen LogP contribution is 2.25. The Morgan fingerprint density at radius 2 is 2.00 bits per heavy atom. The second-order valence-corrected chi connectivity index (χ2v) is 3.21. The van der Waals surface area contributed by atoms with Gasteiger partial charge in [0.25, 0.3) is 0 Å². The minimum Gasteiger partial charge on any atom is -0.406 e. The molecule has 0 radical (unpaired) electrons. The molecule has 6 heteroatoms. The van der Waals surface area contributed by atoms with Crippen LogP contribution in [0.3, 0.4) is 0 Å². The SMILES string of the molecule is NCCC=Cc1cc(OC(F)(F)F)ccc1F. The van der Waals surface area contributed by atoms with Crippen molar-refractivity contribution in [3.63, 3.8) is 0 Å². The number of rotatable bonds is 4. The van der Waals surface area contributed by atoms with Crippen LogP contribution in [0.1, 0.15) is 12.0 Å². The zero-order valence-corrected chi connectivity index (χ0v) is 8.80. The van der Waals surface area contributed by atoms with Crippen LogP contribution in [0.2, 0.25) is 0 Å². The van der Waals surface area contributed by atoms with Gasteiger partial charge in [0.05, 0.1) is 0 Å². The van der Waals surface area contributed by atoms with Crippen molar-refractivity contribution in [2.45, 2.75) is 12.8 Å². The van der Waals surface area contributed by atoms with Gasteiger partial charge in [0.1, 0.15) is 11.6 Å². The smallest absolute Gasteiger partial charge is 0.406 e. The normalized spacial score (nSPS) is 12.1. The summed E-state index contributed by atoms with van der Waals surface area (Å²) in [5.41, 5.74) is 5.25. The first-order valence-corrected chi connectivity index (χ1v) is 4.84. The van der Waals surface area contributed by atoms with E-state index in [1.54, 1.807) is 6.08 Å². The minimum atomic E-state index is -4.78. The van der Waals surface area contributed by atoms with Crippen LogP contribution in [0.25, 0.3) is 6.08 Å². The van der Waals surface area contributed by atoms with Gasteiger partial charge in [-0.25, -0.2) is 4.39 Å². The number of halogens is 4. The van der Waals surface area contributed by atoms with Gasteiger partial charge in [0.2, 0.25) is 0 Å². The Morgan fingerprint density at radius 3 is 2.59 bits per heavy atom. The Balaban J connectivity index is 2.86. The summed E-state index contributed by atoms with van der Waals surface area (Å²) in [6.45, 7) is 0.386. The molecule has 17 heavy (non-hydrogen) atoms. The van der Waals surface area contributed by atoms with Crippen LogP contribution < -0.4 is 10.5 Å². The predicted octanol–water partition coefficient (Wildman–Crippen LogP) is 3.09. The molecule has 0 unspecified atom stereocenters. The van der Waals surface area contributed by atoms with Crippen LogP contribution in [0.4, 0.5) is 17.6 Å². The van der Waals surface area contributed by atoms with E-state index in [0.29, 0.717) is 13.0 Å². The predicted molar refractivity (Wildman–Crippen MR) is 55.8 cm³/mol. The first-order valence-electron chi connectivity index (χ1n) is 4.84. The third-order valence-corrected chi connectivity index (χ3v) is 1.83. The first-order chi connectivity index (χ1) is 7.92. The zero-order chi connectivity index (χ0) is 12.9. The van der Waals surface area contributed by atoms with Crippen molar-refractivity contribution in [3.05, 3.63) is 35.7 Å². The van der Waals surface area contributed by atoms with Crippen LogP contribution in [0, 0.1) is 5.82 Å². The molecule has 0 saturated carbocycles. The highest BCUT2D eigenvalue weighted by molar-refractivity contribution is 5.52. The van der Waals surface area contributed by atoms with Gasteiger partial charge in [-0.3, -0.25) is 0 Å². The second-order valence-electron chi connectivity index (χ2n) is 3.21. The van der Waals surface area contributed by atoms with E-state index in [2.05, 4.69) is 4.74 Å². The van der Waals surface area contributed by atoms with E-state index in [9.17, 15) is 17.6 Å². The molecule has 1 aromatic rings. The van der Waals surface area contributed by atoms with Crippen LogP contribution in [-0.2, 0) is 0 Å². The van der Waals surface area contributed by atoms with Gasteiger partial charge < -0.3 is 10.5 Å². The molecule has 0 atom stereocenters. The monoisotopic (exact) mass is 249 g/mol. The molecule has 0 fully saturated rings. The molecular weight excluding hydrogens is 238 g/mol. The maximum atomic E-state index is 13.2. The fourth-order valence-corrected chi connectivity index (χ4v) is 1.15. The molecule has 2 nitrogen and oxygen atoms in total. The molecule has 0 spiro atoms. The van der Waals surface area contributed by atoms with Gasteiger partial charge in [-0.15, -0.1) is 13.2 Å². The molecule has 0 aliphatic carbocycles. The third-order valence-electron chi connectivity index (χ3n) is 1.83. The molecule has 0 heterocycles. The molecule has 0 saturated heterocycles.